The molecule has 0 aromatic heterocycles. The molecule has 1 aliphatic carbocycles. The molecule has 2 unspecified atom stereocenters. The van der Waals surface area contributed by atoms with Crippen molar-refractivity contribution in [3.63, 3.8) is 0 Å². The molecule has 2 heteroatoms. The molecule has 1 radical (unpaired) electrons. The van der Waals surface area contributed by atoms with E-state index in [9.17, 15) is 0 Å². The van der Waals surface area contributed by atoms with E-state index in [4.69, 9.17) is 0 Å². The minimum atomic E-state index is 0. The van der Waals surface area contributed by atoms with Gasteiger partial charge in [0.15, 0.2) is 6.54 Å². The van der Waals surface area contributed by atoms with E-state index in [-0.39, 0.29) is 25.5 Å². The van der Waals surface area contributed by atoms with Crippen LogP contribution in [0.4, 0.5) is 0 Å². The van der Waals surface area contributed by atoms with Gasteiger partial charge in [-0.1, -0.05) is 0 Å². The summed E-state index contributed by atoms with van der Waals surface area (Å²) in [5.74, 6) is 0. The summed E-state index contributed by atoms with van der Waals surface area (Å²) in [4.78, 5) is 2.46. The number of hydrogen-bond acceptors (Lipinski definition) is 1. The molecule has 1 nitrogen and oxygen atoms in total. The van der Waals surface area contributed by atoms with Crippen LogP contribution in [0.25, 0.3) is 0 Å². The molecule has 1 aromatic carbocycles. The topological polar surface area (TPSA) is 3.24 Å². The number of hydrogen-bond donors (Lipinski definition) is 0. The van der Waals surface area contributed by atoms with Gasteiger partial charge in [-0.3, -0.25) is 0 Å². The molecular formula is C15H19IrN. The van der Waals surface area contributed by atoms with E-state index in [1.54, 1.807) is 0 Å². The SMILES string of the molecule is CN1[CH+]C2(c3[c-]cccc3)CCCC1CC2.[Ir]. The minimum absolute atomic E-state index is 0. The van der Waals surface area contributed by atoms with Gasteiger partial charge in [-0.05, 0) is 32.1 Å². The monoisotopic (exact) mass is 406 g/mol. The molecule has 3 aliphatic rings. The zero-order valence-corrected chi connectivity index (χ0v) is 12.7. The van der Waals surface area contributed by atoms with Crippen molar-refractivity contribution >= 4 is 0 Å². The summed E-state index contributed by atoms with van der Waals surface area (Å²) in [6.45, 7) is 2.47. The number of rotatable bonds is 1. The fourth-order valence-corrected chi connectivity index (χ4v) is 3.42. The number of nitrogens with zero attached hydrogens (tertiary/aromatic N) is 1. The van der Waals surface area contributed by atoms with Crippen molar-refractivity contribution in [2.24, 2.45) is 0 Å². The van der Waals surface area contributed by atoms with Crippen molar-refractivity contribution < 1.29 is 20.1 Å². The van der Waals surface area contributed by atoms with Crippen LogP contribution in [0.15, 0.2) is 24.3 Å². The van der Waals surface area contributed by atoms with Crippen molar-refractivity contribution in [1.29, 1.82) is 0 Å². The second-order valence-electron chi connectivity index (χ2n) is 5.31. The molecule has 2 heterocycles. The van der Waals surface area contributed by atoms with Crippen LogP contribution < -0.4 is 0 Å². The molecule has 2 bridgehead atoms. The first-order chi connectivity index (χ1) is 7.80. The van der Waals surface area contributed by atoms with Gasteiger partial charge in [0, 0.05) is 27.2 Å². The molecule has 0 N–H and O–H groups in total. The van der Waals surface area contributed by atoms with E-state index in [0.717, 1.165) is 6.04 Å². The normalized spacial score (nSPS) is 32.4. The van der Waals surface area contributed by atoms with Crippen molar-refractivity contribution in [1.82, 2.24) is 4.90 Å². The molecule has 93 valence electrons. The summed E-state index contributed by atoms with van der Waals surface area (Å²) in [6.07, 6.45) is 6.67. The summed E-state index contributed by atoms with van der Waals surface area (Å²) in [5.41, 5.74) is 1.67. The Balaban J connectivity index is 0.00000108. The quantitative estimate of drug-likeness (QED) is 0.649. The van der Waals surface area contributed by atoms with Crippen LogP contribution in [0.5, 0.6) is 0 Å². The fourth-order valence-electron chi connectivity index (χ4n) is 3.42. The Hall–Kier alpha value is -0.301. The Morgan fingerprint density at radius 2 is 2.24 bits per heavy atom. The summed E-state index contributed by atoms with van der Waals surface area (Å²) >= 11 is 0. The predicted molar refractivity (Wildman–Crippen MR) is 65.9 cm³/mol. The molecule has 2 atom stereocenters. The number of likely N-dealkylation sites (N-methyl/N-ethyl adjacent to an activating group) is 1. The maximum atomic E-state index is 3.44. The molecule has 2 saturated heterocycles. The van der Waals surface area contributed by atoms with Crippen LogP contribution in [0.2, 0.25) is 0 Å². The minimum Gasteiger partial charge on any atom is -0.177 e. The third-order valence-corrected chi connectivity index (χ3v) is 4.36. The summed E-state index contributed by atoms with van der Waals surface area (Å²) < 4.78 is 0. The van der Waals surface area contributed by atoms with Crippen LogP contribution in [0.3, 0.4) is 0 Å². The standard InChI is InChI=1S/C15H19N.Ir/c1-16-12-15(13-6-3-2-4-7-13)10-5-8-14(16)9-11-15;/h2-4,6,12,14H,5,8-11H2,1H3;. The van der Waals surface area contributed by atoms with Crippen LogP contribution in [-0.2, 0) is 25.5 Å². The average molecular weight is 406 g/mol. The van der Waals surface area contributed by atoms with Gasteiger partial charge in [-0.25, -0.2) is 0 Å². The van der Waals surface area contributed by atoms with Crippen LogP contribution >= 0.6 is 0 Å². The second kappa shape index (κ2) is 5.14. The van der Waals surface area contributed by atoms with E-state index >= 15 is 0 Å². The zero-order valence-electron chi connectivity index (χ0n) is 10.3. The summed E-state index contributed by atoms with van der Waals surface area (Å²) in [6, 6.07) is 12.7. The van der Waals surface area contributed by atoms with Crippen molar-refractivity contribution in [2.45, 2.75) is 43.6 Å². The van der Waals surface area contributed by atoms with Gasteiger partial charge in [-0.15, -0.1) is 10.5 Å². The number of benzene rings is 1. The van der Waals surface area contributed by atoms with E-state index in [0.29, 0.717) is 0 Å². The van der Waals surface area contributed by atoms with E-state index in [1.807, 2.05) is 0 Å². The first kappa shape index (κ1) is 13.1. The summed E-state index contributed by atoms with van der Waals surface area (Å²) in [7, 11) is 2.24. The van der Waals surface area contributed by atoms with Gasteiger partial charge >= 0.3 is 0 Å². The Morgan fingerprint density at radius 1 is 1.35 bits per heavy atom. The second-order valence-corrected chi connectivity index (χ2v) is 5.31. The number of piperidine rings is 1. The van der Waals surface area contributed by atoms with Gasteiger partial charge in [0.1, 0.15) is 5.41 Å². The third kappa shape index (κ3) is 2.31. The maximum Gasteiger partial charge on any atom is 0.167 e. The fraction of sp³-hybridized carbons (Fsp3) is 0.533. The van der Waals surface area contributed by atoms with E-state index in [2.05, 4.69) is 48.8 Å². The van der Waals surface area contributed by atoms with E-state index < -0.39 is 0 Å². The van der Waals surface area contributed by atoms with Gasteiger partial charge < -0.3 is 0 Å². The molecular weight excluding hydrogens is 386 g/mol. The van der Waals surface area contributed by atoms with Gasteiger partial charge in [0.25, 0.3) is 0 Å². The summed E-state index contributed by atoms with van der Waals surface area (Å²) in [5, 5.41) is 0. The first-order valence-electron chi connectivity index (χ1n) is 6.35. The smallest absolute Gasteiger partial charge is 0.167 e. The third-order valence-electron chi connectivity index (χ3n) is 4.36. The Bertz CT molecular complexity index is 360. The van der Waals surface area contributed by atoms with Crippen molar-refractivity contribution in [3.05, 3.63) is 42.4 Å². The van der Waals surface area contributed by atoms with Crippen molar-refractivity contribution in [3.8, 4) is 0 Å². The van der Waals surface area contributed by atoms with Crippen LogP contribution in [0.1, 0.15) is 37.7 Å². The van der Waals surface area contributed by atoms with Crippen LogP contribution in [0, 0.1) is 12.6 Å². The Morgan fingerprint density at radius 3 is 2.94 bits per heavy atom. The van der Waals surface area contributed by atoms with Gasteiger partial charge in [-0.2, -0.15) is 30.3 Å². The van der Waals surface area contributed by atoms with Crippen molar-refractivity contribution in [2.75, 3.05) is 7.05 Å². The molecule has 4 rings (SSSR count). The Labute approximate surface area is 118 Å². The molecule has 0 spiro atoms. The number of fused-ring (bicyclic) bond motifs is 4. The predicted octanol–water partition coefficient (Wildman–Crippen LogP) is 3.16. The molecule has 0 amide bonds. The molecule has 3 fully saturated rings. The van der Waals surface area contributed by atoms with Gasteiger partial charge in [0.2, 0.25) is 0 Å². The molecule has 2 aliphatic heterocycles. The zero-order chi connectivity index (χ0) is 11.0. The van der Waals surface area contributed by atoms with E-state index in [1.165, 1.54) is 37.7 Å². The maximum absolute atomic E-state index is 3.44. The molecule has 1 aromatic rings. The molecule has 17 heavy (non-hydrogen) atoms. The first-order valence-corrected chi connectivity index (χ1v) is 6.35. The van der Waals surface area contributed by atoms with Crippen LogP contribution in [-0.4, -0.2) is 18.0 Å². The largest absolute Gasteiger partial charge is 0.177 e. The van der Waals surface area contributed by atoms with Gasteiger partial charge in [0.05, 0.1) is 6.04 Å². The average Bonchev–Trinajstić information content (AvgIpc) is 2.62. The Kier molecular flexibility index (Phi) is 3.97. The molecule has 1 saturated carbocycles.